The van der Waals surface area contributed by atoms with Gasteiger partial charge < -0.3 is 14.2 Å². The third kappa shape index (κ3) is 61.1. The highest BCUT2D eigenvalue weighted by Crippen LogP contribution is 2.19. The maximum Gasteiger partial charge on any atom is 0.306 e. The van der Waals surface area contributed by atoms with Crippen LogP contribution in [0.5, 0.6) is 0 Å². The topological polar surface area (TPSA) is 78.9 Å². The van der Waals surface area contributed by atoms with Crippen molar-refractivity contribution < 1.29 is 28.6 Å². The molecule has 0 aliphatic carbocycles. The van der Waals surface area contributed by atoms with Gasteiger partial charge in [-0.25, -0.2) is 0 Å². The summed E-state index contributed by atoms with van der Waals surface area (Å²) in [6, 6.07) is 0. The Morgan fingerprint density at radius 1 is 0.260 bits per heavy atom. The van der Waals surface area contributed by atoms with Crippen molar-refractivity contribution >= 4 is 17.9 Å². The quantitative estimate of drug-likeness (QED) is 0.0343. The molecule has 434 valence electrons. The van der Waals surface area contributed by atoms with Crippen LogP contribution >= 0.6 is 0 Å². The van der Waals surface area contributed by atoms with E-state index in [1.165, 1.54) is 270 Å². The van der Waals surface area contributed by atoms with E-state index in [0.29, 0.717) is 19.3 Å². The molecular formula is C67H130O6. The lowest BCUT2D eigenvalue weighted by Crippen LogP contribution is -2.30. The molecule has 0 aromatic rings. The molecule has 0 bridgehead atoms. The molecule has 0 fully saturated rings. The Morgan fingerprint density at radius 2 is 0.452 bits per heavy atom. The van der Waals surface area contributed by atoms with Crippen LogP contribution in [0.3, 0.4) is 0 Å². The third-order valence-corrected chi connectivity index (χ3v) is 15.5. The summed E-state index contributed by atoms with van der Waals surface area (Å²) in [5, 5.41) is 0. The molecule has 1 atom stereocenters. The summed E-state index contributed by atoms with van der Waals surface area (Å²) in [6.45, 7) is 11.5. The fraction of sp³-hybridized carbons (Fsp3) is 0.955. The molecule has 0 amide bonds. The molecule has 0 aliphatic heterocycles. The van der Waals surface area contributed by atoms with Gasteiger partial charge in [0.1, 0.15) is 13.2 Å². The van der Waals surface area contributed by atoms with E-state index >= 15 is 0 Å². The van der Waals surface area contributed by atoms with Gasteiger partial charge in [0.05, 0.1) is 0 Å². The van der Waals surface area contributed by atoms with E-state index in [-0.39, 0.29) is 31.1 Å². The van der Waals surface area contributed by atoms with Crippen molar-refractivity contribution in [2.75, 3.05) is 13.2 Å². The fourth-order valence-electron chi connectivity index (χ4n) is 10.5. The molecule has 0 unspecified atom stereocenters. The Morgan fingerprint density at radius 3 is 0.671 bits per heavy atom. The van der Waals surface area contributed by atoms with Crippen LogP contribution in [0.15, 0.2) is 0 Å². The summed E-state index contributed by atoms with van der Waals surface area (Å²) in [7, 11) is 0. The normalized spacial score (nSPS) is 12.0. The highest BCUT2D eigenvalue weighted by atomic mass is 16.6. The van der Waals surface area contributed by atoms with Crippen molar-refractivity contribution in [3.63, 3.8) is 0 Å². The number of carbonyl (C=O) groups excluding carboxylic acids is 3. The molecule has 73 heavy (non-hydrogen) atoms. The SMILES string of the molecule is CCCCCCCCCCCCCCCCCCC(=O)O[C@H](COC(=O)CCCCCCCCCCCCCCCCCCCCC(C)C)COC(=O)CCCCCCCCCCCCCCCCCC(C)C. The van der Waals surface area contributed by atoms with Gasteiger partial charge in [0.15, 0.2) is 6.10 Å². The van der Waals surface area contributed by atoms with Crippen LogP contribution in [0.2, 0.25) is 0 Å². The van der Waals surface area contributed by atoms with Crippen molar-refractivity contribution in [3.05, 3.63) is 0 Å². The molecular weight excluding hydrogens is 901 g/mol. The van der Waals surface area contributed by atoms with E-state index in [9.17, 15) is 14.4 Å². The Balaban J connectivity index is 4.26. The molecule has 0 aromatic heterocycles. The number of hydrogen-bond acceptors (Lipinski definition) is 6. The summed E-state index contributed by atoms with van der Waals surface area (Å²) in [5.41, 5.74) is 0. The van der Waals surface area contributed by atoms with E-state index in [1.54, 1.807) is 0 Å². The van der Waals surface area contributed by atoms with E-state index in [2.05, 4.69) is 34.6 Å². The van der Waals surface area contributed by atoms with Crippen molar-refractivity contribution in [2.45, 2.75) is 387 Å². The lowest BCUT2D eigenvalue weighted by Gasteiger charge is -2.18. The number of esters is 3. The van der Waals surface area contributed by atoms with Crippen molar-refractivity contribution in [2.24, 2.45) is 11.8 Å². The van der Waals surface area contributed by atoms with Gasteiger partial charge in [-0.2, -0.15) is 0 Å². The largest absolute Gasteiger partial charge is 0.462 e. The zero-order chi connectivity index (χ0) is 53.2. The molecule has 0 saturated heterocycles. The first kappa shape index (κ1) is 71.4. The molecule has 0 spiro atoms. The average molecular weight is 1030 g/mol. The molecule has 0 saturated carbocycles. The summed E-state index contributed by atoms with van der Waals surface area (Å²) >= 11 is 0. The van der Waals surface area contributed by atoms with Crippen LogP contribution in [-0.2, 0) is 28.6 Å². The summed E-state index contributed by atoms with van der Waals surface area (Å²) in [5.74, 6) is 0.881. The van der Waals surface area contributed by atoms with E-state index in [4.69, 9.17) is 14.2 Å². The average Bonchev–Trinajstić information content (AvgIpc) is 3.37. The number of hydrogen-bond donors (Lipinski definition) is 0. The second kappa shape index (κ2) is 59.7. The van der Waals surface area contributed by atoms with Crippen LogP contribution in [-0.4, -0.2) is 37.2 Å². The second-order valence-corrected chi connectivity index (χ2v) is 24.1. The molecule has 0 aromatic carbocycles. The minimum absolute atomic E-state index is 0.0614. The number of rotatable bonds is 61. The molecule has 0 N–H and O–H groups in total. The first-order valence-corrected chi connectivity index (χ1v) is 33.2. The maximum atomic E-state index is 12.9. The standard InChI is InChI=1S/C67H130O6/c1-6-7-8-9-10-11-12-13-14-22-29-34-39-44-49-54-59-67(70)73-64(61-72-66(69)58-53-48-43-38-33-28-24-19-21-26-31-36-41-46-51-56-63(4)5)60-71-65(68)57-52-47-42-37-32-27-23-18-16-15-17-20-25-30-35-40-45-50-55-62(2)3/h62-64H,6-61H2,1-5H3/t64-/m1/s1. The van der Waals surface area contributed by atoms with E-state index in [1.807, 2.05) is 0 Å². The highest BCUT2D eigenvalue weighted by Gasteiger charge is 2.19. The highest BCUT2D eigenvalue weighted by molar-refractivity contribution is 5.71. The second-order valence-electron chi connectivity index (χ2n) is 24.1. The Bertz CT molecular complexity index is 1120. The van der Waals surface area contributed by atoms with Crippen molar-refractivity contribution in [1.82, 2.24) is 0 Å². The number of ether oxygens (including phenoxy) is 3. The molecule has 0 aliphatic rings. The van der Waals surface area contributed by atoms with Crippen LogP contribution in [0.25, 0.3) is 0 Å². The van der Waals surface area contributed by atoms with Crippen LogP contribution in [0, 0.1) is 11.8 Å². The van der Waals surface area contributed by atoms with Gasteiger partial charge in [-0.15, -0.1) is 0 Å². The third-order valence-electron chi connectivity index (χ3n) is 15.5. The first-order chi connectivity index (χ1) is 35.7. The van der Waals surface area contributed by atoms with Crippen LogP contribution in [0.4, 0.5) is 0 Å². The minimum Gasteiger partial charge on any atom is -0.462 e. The number of unbranched alkanes of at least 4 members (excludes halogenated alkanes) is 46. The zero-order valence-corrected chi connectivity index (χ0v) is 50.3. The fourth-order valence-corrected chi connectivity index (χ4v) is 10.5. The summed E-state index contributed by atoms with van der Waals surface area (Å²) in [4.78, 5) is 38.4. The van der Waals surface area contributed by atoms with Crippen LogP contribution in [0.1, 0.15) is 381 Å². The van der Waals surface area contributed by atoms with Gasteiger partial charge in [0, 0.05) is 19.3 Å². The molecule has 6 heteroatoms. The maximum absolute atomic E-state index is 12.9. The summed E-state index contributed by atoms with van der Waals surface area (Å²) < 4.78 is 17.0. The lowest BCUT2D eigenvalue weighted by molar-refractivity contribution is -0.167. The van der Waals surface area contributed by atoms with Gasteiger partial charge in [-0.05, 0) is 31.1 Å². The molecule has 0 heterocycles. The molecule has 0 radical (unpaired) electrons. The van der Waals surface area contributed by atoms with Gasteiger partial charge in [-0.3, -0.25) is 14.4 Å². The van der Waals surface area contributed by atoms with Crippen LogP contribution < -0.4 is 0 Å². The summed E-state index contributed by atoms with van der Waals surface area (Å²) in [6.07, 6.45) is 66.8. The Kier molecular flexibility index (Phi) is 58.4. The number of carbonyl (C=O) groups is 3. The minimum atomic E-state index is -0.764. The van der Waals surface area contributed by atoms with E-state index < -0.39 is 6.10 Å². The monoisotopic (exact) mass is 1030 g/mol. The Hall–Kier alpha value is -1.59. The predicted octanol–water partition coefficient (Wildman–Crippen LogP) is 22.4. The van der Waals surface area contributed by atoms with E-state index in [0.717, 1.165) is 69.6 Å². The van der Waals surface area contributed by atoms with Gasteiger partial charge >= 0.3 is 17.9 Å². The van der Waals surface area contributed by atoms with Crippen molar-refractivity contribution in [3.8, 4) is 0 Å². The first-order valence-electron chi connectivity index (χ1n) is 33.2. The van der Waals surface area contributed by atoms with Gasteiger partial charge in [-0.1, -0.05) is 343 Å². The van der Waals surface area contributed by atoms with Gasteiger partial charge in [0.2, 0.25) is 0 Å². The lowest BCUT2D eigenvalue weighted by atomic mass is 10.0. The Labute approximate surface area is 457 Å². The smallest absolute Gasteiger partial charge is 0.306 e. The molecule has 0 rings (SSSR count). The van der Waals surface area contributed by atoms with Gasteiger partial charge in [0.25, 0.3) is 0 Å². The predicted molar refractivity (Wildman–Crippen MR) is 316 cm³/mol. The molecule has 6 nitrogen and oxygen atoms in total. The zero-order valence-electron chi connectivity index (χ0n) is 50.3. The van der Waals surface area contributed by atoms with Crippen molar-refractivity contribution in [1.29, 1.82) is 0 Å².